The average Bonchev–Trinajstić information content (AvgIpc) is 2.40. The van der Waals surface area contributed by atoms with Crippen molar-refractivity contribution in [2.45, 2.75) is 39.8 Å². The molecule has 0 saturated heterocycles. The average molecular weight is 264 g/mol. The van der Waals surface area contributed by atoms with Crippen molar-refractivity contribution in [1.29, 1.82) is 0 Å². The first kappa shape index (κ1) is 15.5. The van der Waals surface area contributed by atoms with Crippen molar-refractivity contribution in [2.24, 2.45) is 5.73 Å². The highest BCUT2D eigenvalue weighted by Gasteiger charge is 2.19. The van der Waals surface area contributed by atoms with Crippen molar-refractivity contribution in [2.75, 3.05) is 13.1 Å². The fourth-order valence-electron chi connectivity index (χ4n) is 1.92. The van der Waals surface area contributed by atoms with Gasteiger partial charge >= 0.3 is 0 Å². The van der Waals surface area contributed by atoms with Crippen molar-refractivity contribution < 1.29 is 9.53 Å². The summed E-state index contributed by atoms with van der Waals surface area (Å²) in [5, 5.41) is 0. The summed E-state index contributed by atoms with van der Waals surface area (Å²) in [5.74, 6) is 0.694. The second-order valence-corrected chi connectivity index (χ2v) is 4.63. The van der Waals surface area contributed by atoms with Gasteiger partial charge in [0.25, 0.3) is 5.91 Å². The number of nitrogens with zero attached hydrogens (tertiary/aromatic N) is 1. The number of nitrogens with two attached hydrogens (primary N) is 1. The molecule has 4 nitrogen and oxygen atoms in total. The van der Waals surface area contributed by atoms with Crippen LogP contribution in [0.15, 0.2) is 24.3 Å². The summed E-state index contributed by atoms with van der Waals surface area (Å²) in [6.45, 7) is 9.02. The van der Waals surface area contributed by atoms with E-state index in [0.717, 1.165) is 5.56 Å². The third kappa shape index (κ3) is 4.24. The predicted molar refractivity (Wildman–Crippen MR) is 77.1 cm³/mol. The van der Waals surface area contributed by atoms with E-state index in [4.69, 9.17) is 10.5 Å². The molecule has 0 fully saturated rings. The molecule has 0 aliphatic carbocycles. The molecule has 1 unspecified atom stereocenters. The van der Waals surface area contributed by atoms with Crippen molar-refractivity contribution in [3.63, 3.8) is 0 Å². The number of carbonyl (C=O) groups is 1. The Hall–Kier alpha value is -1.55. The van der Waals surface area contributed by atoms with Crippen LogP contribution in [0.1, 0.15) is 39.3 Å². The smallest absolute Gasteiger partial charge is 0.263 e. The Morgan fingerprint density at radius 2 is 1.95 bits per heavy atom. The fraction of sp³-hybridized carbons (Fsp3) is 0.533. The van der Waals surface area contributed by atoms with Gasteiger partial charge in [0.1, 0.15) is 5.75 Å². The number of carbonyl (C=O) groups excluding carboxylic acids is 1. The minimum absolute atomic E-state index is 0.0104. The Morgan fingerprint density at radius 1 is 1.32 bits per heavy atom. The minimum Gasteiger partial charge on any atom is -0.481 e. The van der Waals surface area contributed by atoms with Crippen LogP contribution >= 0.6 is 0 Å². The van der Waals surface area contributed by atoms with Gasteiger partial charge in [0, 0.05) is 19.1 Å². The van der Waals surface area contributed by atoms with Crippen LogP contribution < -0.4 is 10.5 Å². The van der Waals surface area contributed by atoms with Crippen LogP contribution in [0.2, 0.25) is 0 Å². The number of benzene rings is 1. The van der Waals surface area contributed by atoms with E-state index in [-0.39, 0.29) is 11.9 Å². The molecule has 1 aromatic carbocycles. The van der Waals surface area contributed by atoms with E-state index in [2.05, 4.69) is 0 Å². The third-order valence-corrected chi connectivity index (χ3v) is 3.12. The third-order valence-electron chi connectivity index (χ3n) is 3.12. The number of rotatable bonds is 6. The predicted octanol–water partition coefficient (Wildman–Crippen LogP) is 2.34. The molecule has 0 saturated carbocycles. The van der Waals surface area contributed by atoms with Crippen LogP contribution in [0, 0.1) is 0 Å². The van der Waals surface area contributed by atoms with Gasteiger partial charge in [-0.1, -0.05) is 12.1 Å². The van der Waals surface area contributed by atoms with Gasteiger partial charge in [0.05, 0.1) is 0 Å². The minimum atomic E-state index is -0.483. The second-order valence-electron chi connectivity index (χ2n) is 4.63. The van der Waals surface area contributed by atoms with E-state index in [1.807, 2.05) is 45.0 Å². The maximum absolute atomic E-state index is 12.1. The van der Waals surface area contributed by atoms with Gasteiger partial charge in [0.15, 0.2) is 6.10 Å². The van der Waals surface area contributed by atoms with Crippen LogP contribution in [0.4, 0.5) is 0 Å². The molecule has 1 amide bonds. The first-order valence-corrected chi connectivity index (χ1v) is 6.80. The number of hydrogen-bond acceptors (Lipinski definition) is 3. The molecule has 1 rings (SSSR count). The maximum Gasteiger partial charge on any atom is 0.263 e. The fourth-order valence-corrected chi connectivity index (χ4v) is 1.92. The summed E-state index contributed by atoms with van der Waals surface area (Å²) in [6, 6.07) is 7.53. The molecule has 2 atom stereocenters. The zero-order valence-corrected chi connectivity index (χ0v) is 12.2. The SMILES string of the molecule is CCN(CC)C(=O)C(C)Oc1cccc([C@@H](C)N)c1. The summed E-state index contributed by atoms with van der Waals surface area (Å²) >= 11 is 0. The summed E-state index contributed by atoms with van der Waals surface area (Å²) in [7, 11) is 0. The summed E-state index contributed by atoms with van der Waals surface area (Å²) in [4.78, 5) is 13.9. The Labute approximate surface area is 115 Å². The molecular formula is C15H24N2O2. The van der Waals surface area contributed by atoms with E-state index in [1.165, 1.54) is 0 Å². The molecule has 1 aromatic rings. The Bertz CT molecular complexity index is 414. The molecule has 106 valence electrons. The molecular weight excluding hydrogens is 240 g/mol. The van der Waals surface area contributed by atoms with Gasteiger partial charge in [-0.05, 0) is 45.4 Å². The lowest BCUT2D eigenvalue weighted by Gasteiger charge is -2.23. The van der Waals surface area contributed by atoms with Crippen LogP contribution in [0.25, 0.3) is 0 Å². The van der Waals surface area contributed by atoms with Gasteiger partial charge in [-0.15, -0.1) is 0 Å². The zero-order valence-electron chi connectivity index (χ0n) is 12.2. The molecule has 0 aliphatic rings. The molecule has 0 heterocycles. The van der Waals surface area contributed by atoms with E-state index in [0.29, 0.717) is 18.8 Å². The standard InChI is InChI=1S/C15H24N2O2/c1-5-17(6-2)15(18)12(4)19-14-9-7-8-13(10-14)11(3)16/h7-12H,5-6,16H2,1-4H3/t11-,12?/m1/s1. The first-order chi connectivity index (χ1) is 8.99. The lowest BCUT2D eigenvalue weighted by atomic mass is 10.1. The summed E-state index contributed by atoms with van der Waals surface area (Å²) in [5.41, 5.74) is 6.83. The highest BCUT2D eigenvalue weighted by molar-refractivity contribution is 5.80. The lowest BCUT2D eigenvalue weighted by molar-refractivity contribution is -0.137. The summed E-state index contributed by atoms with van der Waals surface area (Å²) in [6.07, 6.45) is -0.483. The van der Waals surface area contributed by atoms with Gasteiger partial charge in [-0.2, -0.15) is 0 Å². The zero-order chi connectivity index (χ0) is 14.4. The molecule has 0 spiro atoms. The normalized spacial score (nSPS) is 13.7. The van der Waals surface area contributed by atoms with Crippen molar-refractivity contribution in [3.05, 3.63) is 29.8 Å². The van der Waals surface area contributed by atoms with Gasteiger partial charge in [-0.3, -0.25) is 4.79 Å². The Balaban J connectivity index is 2.73. The molecule has 2 N–H and O–H groups in total. The maximum atomic E-state index is 12.1. The number of likely N-dealkylation sites (N-methyl/N-ethyl adjacent to an activating group) is 1. The Morgan fingerprint density at radius 3 is 2.47 bits per heavy atom. The number of hydrogen-bond donors (Lipinski definition) is 1. The topological polar surface area (TPSA) is 55.6 Å². The van der Waals surface area contributed by atoms with Crippen molar-refractivity contribution >= 4 is 5.91 Å². The van der Waals surface area contributed by atoms with Crippen LogP contribution in [-0.2, 0) is 4.79 Å². The lowest BCUT2D eigenvalue weighted by Crippen LogP contribution is -2.40. The van der Waals surface area contributed by atoms with Crippen molar-refractivity contribution in [3.8, 4) is 5.75 Å². The molecule has 0 radical (unpaired) electrons. The number of amides is 1. The monoisotopic (exact) mass is 264 g/mol. The highest BCUT2D eigenvalue weighted by atomic mass is 16.5. The van der Waals surface area contributed by atoms with Gasteiger partial charge < -0.3 is 15.4 Å². The molecule has 19 heavy (non-hydrogen) atoms. The molecule has 0 aliphatic heterocycles. The van der Waals surface area contributed by atoms with E-state index < -0.39 is 6.10 Å². The van der Waals surface area contributed by atoms with E-state index in [9.17, 15) is 4.79 Å². The van der Waals surface area contributed by atoms with Gasteiger partial charge in [0.2, 0.25) is 0 Å². The largest absolute Gasteiger partial charge is 0.481 e. The molecule has 4 heteroatoms. The Kier molecular flexibility index (Phi) is 5.83. The quantitative estimate of drug-likeness (QED) is 0.858. The molecule has 0 aromatic heterocycles. The molecule has 0 bridgehead atoms. The van der Waals surface area contributed by atoms with Crippen LogP contribution in [0.3, 0.4) is 0 Å². The van der Waals surface area contributed by atoms with E-state index in [1.54, 1.807) is 11.8 Å². The van der Waals surface area contributed by atoms with Gasteiger partial charge in [-0.25, -0.2) is 0 Å². The number of ether oxygens (including phenoxy) is 1. The van der Waals surface area contributed by atoms with Crippen molar-refractivity contribution in [1.82, 2.24) is 4.90 Å². The van der Waals surface area contributed by atoms with Crippen LogP contribution in [0.5, 0.6) is 5.75 Å². The van der Waals surface area contributed by atoms with E-state index >= 15 is 0 Å². The second kappa shape index (κ2) is 7.14. The summed E-state index contributed by atoms with van der Waals surface area (Å²) < 4.78 is 5.70. The first-order valence-electron chi connectivity index (χ1n) is 6.80. The van der Waals surface area contributed by atoms with Crippen LogP contribution in [-0.4, -0.2) is 30.0 Å². The highest BCUT2D eigenvalue weighted by Crippen LogP contribution is 2.19.